The summed E-state index contributed by atoms with van der Waals surface area (Å²) in [6.45, 7) is 6.06. The summed E-state index contributed by atoms with van der Waals surface area (Å²) < 4.78 is 11.4. The number of nitrogens with zero attached hydrogens (tertiary/aromatic N) is 2. The van der Waals surface area contributed by atoms with E-state index in [1.54, 1.807) is 30.3 Å². The average Bonchev–Trinajstić information content (AvgIpc) is 2.91. The van der Waals surface area contributed by atoms with Crippen molar-refractivity contribution >= 4 is 46.5 Å². The maximum absolute atomic E-state index is 12.8. The third-order valence-corrected chi connectivity index (χ3v) is 4.55. The zero-order valence-electron chi connectivity index (χ0n) is 16.2. The van der Waals surface area contributed by atoms with Crippen molar-refractivity contribution in [1.29, 1.82) is 0 Å². The van der Waals surface area contributed by atoms with Crippen LogP contribution in [-0.4, -0.2) is 30.4 Å². The minimum absolute atomic E-state index is 0.0813. The molecule has 6 nitrogen and oxygen atoms in total. The molecule has 0 atom stereocenters. The number of urea groups is 1. The van der Waals surface area contributed by atoms with Crippen molar-refractivity contribution in [3.8, 4) is 11.5 Å². The van der Waals surface area contributed by atoms with Crippen LogP contribution in [0.1, 0.15) is 26.3 Å². The topological polar surface area (TPSA) is 68.2 Å². The molecule has 0 spiro atoms. The van der Waals surface area contributed by atoms with Crippen molar-refractivity contribution < 1.29 is 19.1 Å². The fourth-order valence-corrected chi connectivity index (χ4v) is 3.38. The molecule has 3 amide bonds. The van der Waals surface area contributed by atoms with E-state index in [9.17, 15) is 9.59 Å². The first kappa shape index (κ1) is 21.1. The van der Waals surface area contributed by atoms with Gasteiger partial charge in [0.25, 0.3) is 5.91 Å². The minimum atomic E-state index is -0.650. The third-order valence-electron chi connectivity index (χ3n) is 4.03. The molecule has 0 radical (unpaired) electrons. The van der Waals surface area contributed by atoms with E-state index in [-0.39, 0.29) is 18.2 Å². The first-order valence-corrected chi connectivity index (χ1v) is 9.89. The molecule has 0 bridgehead atoms. The molecule has 0 aromatic heterocycles. The van der Waals surface area contributed by atoms with E-state index < -0.39 is 11.9 Å². The lowest BCUT2D eigenvalue weighted by molar-refractivity contribution is -0.111. The minimum Gasteiger partial charge on any atom is -0.490 e. The molecule has 1 aliphatic heterocycles. The number of ether oxygens (including phenoxy) is 2. The van der Waals surface area contributed by atoms with Crippen molar-refractivity contribution in [2.45, 2.75) is 33.3 Å². The molecule has 0 saturated heterocycles. The highest BCUT2D eigenvalue weighted by atomic mass is 35.5. The Labute approximate surface area is 179 Å². The summed E-state index contributed by atoms with van der Waals surface area (Å²) in [5.41, 5.74) is 1.17. The van der Waals surface area contributed by atoms with E-state index in [1.165, 1.54) is 6.07 Å². The average molecular weight is 435 g/mol. The number of aliphatic imine (C=N–C) groups is 1. The standard InChI is InChI=1S/C21H20Cl2N2O4/c1-4-28-18-10-13(8-16(23)19(18)29-12(2)3)9-17-20(26)25(21(27)24-17)15-7-5-6-14(22)11-15/h5-8,10-12H,4,9H2,1-3H3. The molecular formula is C21H20Cl2N2O4. The molecule has 29 heavy (non-hydrogen) atoms. The van der Waals surface area contributed by atoms with E-state index in [4.69, 9.17) is 32.7 Å². The number of benzene rings is 2. The highest BCUT2D eigenvalue weighted by Crippen LogP contribution is 2.38. The van der Waals surface area contributed by atoms with Crippen LogP contribution >= 0.6 is 23.2 Å². The highest BCUT2D eigenvalue weighted by Gasteiger charge is 2.34. The van der Waals surface area contributed by atoms with Gasteiger partial charge in [-0.05, 0) is 56.7 Å². The molecule has 0 unspecified atom stereocenters. The van der Waals surface area contributed by atoms with Gasteiger partial charge >= 0.3 is 6.03 Å². The summed E-state index contributed by atoms with van der Waals surface area (Å²) in [7, 11) is 0. The molecule has 8 heteroatoms. The van der Waals surface area contributed by atoms with Crippen LogP contribution in [0.15, 0.2) is 41.4 Å². The van der Waals surface area contributed by atoms with Crippen LogP contribution in [-0.2, 0) is 11.2 Å². The number of halogens is 2. The van der Waals surface area contributed by atoms with Crippen LogP contribution in [0.3, 0.4) is 0 Å². The maximum Gasteiger partial charge on any atom is 0.355 e. The Morgan fingerprint density at radius 1 is 1.14 bits per heavy atom. The van der Waals surface area contributed by atoms with Crippen LogP contribution in [0.5, 0.6) is 11.5 Å². The monoisotopic (exact) mass is 434 g/mol. The molecule has 2 aromatic carbocycles. The lowest BCUT2D eigenvalue weighted by atomic mass is 10.1. The summed E-state index contributed by atoms with van der Waals surface area (Å²) in [5.74, 6) is 0.435. The normalized spacial score (nSPS) is 13.9. The van der Waals surface area contributed by atoms with Gasteiger partial charge in [-0.1, -0.05) is 29.3 Å². The van der Waals surface area contributed by atoms with Crippen LogP contribution in [0.25, 0.3) is 0 Å². The number of amides is 3. The van der Waals surface area contributed by atoms with Crippen LogP contribution in [0, 0.1) is 0 Å². The second-order valence-electron chi connectivity index (χ2n) is 6.64. The van der Waals surface area contributed by atoms with Gasteiger partial charge in [0.05, 0.1) is 23.4 Å². The summed E-state index contributed by atoms with van der Waals surface area (Å²) in [5, 5.41) is 0.786. The van der Waals surface area contributed by atoms with Gasteiger partial charge < -0.3 is 9.47 Å². The fraction of sp³-hybridized carbons (Fsp3) is 0.286. The van der Waals surface area contributed by atoms with Crippen molar-refractivity contribution in [2.75, 3.05) is 11.5 Å². The van der Waals surface area contributed by atoms with Crippen LogP contribution in [0.4, 0.5) is 10.5 Å². The van der Waals surface area contributed by atoms with E-state index in [1.807, 2.05) is 20.8 Å². The number of hydrogen-bond acceptors (Lipinski definition) is 4. The Kier molecular flexibility index (Phi) is 6.45. The van der Waals surface area contributed by atoms with Gasteiger partial charge in [-0.2, -0.15) is 4.99 Å². The molecule has 1 aliphatic rings. The van der Waals surface area contributed by atoms with Gasteiger partial charge in [-0.3, -0.25) is 4.79 Å². The van der Waals surface area contributed by atoms with Crippen molar-refractivity contribution in [1.82, 2.24) is 0 Å². The summed E-state index contributed by atoms with van der Waals surface area (Å²) in [6, 6.07) is 9.27. The number of anilines is 1. The largest absolute Gasteiger partial charge is 0.490 e. The second kappa shape index (κ2) is 8.84. The number of carbonyl (C=O) groups excluding carboxylic acids is 2. The van der Waals surface area contributed by atoms with Crippen molar-refractivity contribution in [3.63, 3.8) is 0 Å². The van der Waals surface area contributed by atoms with E-state index in [0.717, 1.165) is 4.90 Å². The lowest BCUT2D eigenvalue weighted by Crippen LogP contribution is -2.33. The Balaban J connectivity index is 1.87. The molecule has 1 heterocycles. The Morgan fingerprint density at radius 3 is 2.55 bits per heavy atom. The van der Waals surface area contributed by atoms with Crippen LogP contribution in [0.2, 0.25) is 10.0 Å². The number of rotatable bonds is 7. The molecule has 152 valence electrons. The zero-order valence-corrected chi connectivity index (χ0v) is 17.8. The number of hydrogen-bond donors (Lipinski definition) is 0. The SMILES string of the molecule is CCOc1cc(CC2=NC(=O)N(c3cccc(Cl)c3)C2=O)cc(Cl)c1OC(C)C. The van der Waals surface area contributed by atoms with E-state index >= 15 is 0 Å². The summed E-state index contributed by atoms with van der Waals surface area (Å²) in [6.07, 6.45) is 0.0471. The Morgan fingerprint density at radius 2 is 1.90 bits per heavy atom. The van der Waals surface area contributed by atoms with Gasteiger partial charge in [-0.15, -0.1) is 0 Å². The maximum atomic E-state index is 12.8. The second-order valence-corrected chi connectivity index (χ2v) is 7.49. The first-order valence-electron chi connectivity index (χ1n) is 9.13. The zero-order chi connectivity index (χ0) is 21.1. The first-order chi connectivity index (χ1) is 13.8. The van der Waals surface area contributed by atoms with Crippen molar-refractivity contribution in [3.05, 3.63) is 52.0 Å². The summed E-state index contributed by atoms with van der Waals surface area (Å²) in [4.78, 5) is 30.0. The molecule has 2 aromatic rings. The molecule has 0 fully saturated rings. The Hall–Kier alpha value is -2.57. The van der Waals surface area contributed by atoms with Crippen LogP contribution < -0.4 is 14.4 Å². The molecular weight excluding hydrogens is 415 g/mol. The quantitative estimate of drug-likeness (QED) is 0.590. The molecule has 0 saturated carbocycles. The molecule has 3 rings (SSSR count). The van der Waals surface area contributed by atoms with E-state index in [2.05, 4.69) is 4.99 Å². The fourth-order valence-electron chi connectivity index (χ4n) is 2.92. The predicted octanol–water partition coefficient (Wildman–Crippen LogP) is 5.33. The number of imide groups is 1. The Bertz CT molecular complexity index is 989. The third kappa shape index (κ3) is 4.71. The lowest BCUT2D eigenvalue weighted by Gasteiger charge is -2.17. The van der Waals surface area contributed by atoms with Crippen molar-refractivity contribution in [2.24, 2.45) is 4.99 Å². The smallest absolute Gasteiger partial charge is 0.355 e. The van der Waals surface area contributed by atoms with Gasteiger partial charge in [0.1, 0.15) is 5.71 Å². The summed E-state index contributed by atoms with van der Waals surface area (Å²) >= 11 is 12.4. The van der Waals surface area contributed by atoms with E-state index in [0.29, 0.717) is 39.4 Å². The number of carbonyl (C=O) groups is 2. The molecule has 0 N–H and O–H groups in total. The van der Waals surface area contributed by atoms with Gasteiger partial charge in [-0.25, -0.2) is 9.69 Å². The molecule has 0 aliphatic carbocycles. The van der Waals surface area contributed by atoms with Gasteiger partial charge in [0, 0.05) is 11.4 Å². The van der Waals surface area contributed by atoms with Gasteiger partial charge in [0.2, 0.25) is 0 Å². The highest BCUT2D eigenvalue weighted by molar-refractivity contribution is 6.54. The van der Waals surface area contributed by atoms with Gasteiger partial charge in [0.15, 0.2) is 11.5 Å². The predicted molar refractivity (Wildman–Crippen MR) is 114 cm³/mol.